The van der Waals surface area contributed by atoms with Crippen molar-refractivity contribution in [1.82, 2.24) is 9.80 Å². The van der Waals surface area contributed by atoms with Crippen molar-refractivity contribution in [2.24, 2.45) is 0 Å². The van der Waals surface area contributed by atoms with Crippen molar-refractivity contribution < 1.29 is 14.4 Å². The van der Waals surface area contributed by atoms with Gasteiger partial charge in [-0.3, -0.25) is 19.3 Å². The molecule has 0 saturated carbocycles. The van der Waals surface area contributed by atoms with E-state index < -0.39 is 0 Å². The lowest BCUT2D eigenvalue weighted by molar-refractivity contribution is -0.137. The van der Waals surface area contributed by atoms with Crippen LogP contribution in [0.1, 0.15) is 64.4 Å². The lowest BCUT2D eigenvalue weighted by Crippen LogP contribution is -2.37. The lowest BCUT2D eigenvalue weighted by Gasteiger charge is -2.29. The molecule has 1 aromatic rings. The fraction of sp³-hybridized carbons (Fsp3) is 0.522. The van der Waals surface area contributed by atoms with Crippen LogP contribution < -0.4 is 5.32 Å². The summed E-state index contributed by atoms with van der Waals surface area (Å²) < 4.78 is 0. The van der Waals surface area contributed by atoms with Gasteiger partial charge in [-0.25, -0.2) is 0 Å². The highest BCUT2D eigenvalue weighted by Crippen LogP contribution is 2.33. The van der Waals surface area contributed by atoms with Gasteiger partial charge in [-0.15, -0.1) is 0 Å². The molecule has 0 atom stereocenters. The molecule has 0 aliphatic carbocycles. The number of hydrogen-bond donors (Lipinski definition) is 1. The van der Waals surface area contributed by atoms with Crippen molar-refractivity contribution in [3.8, 4) is 0 Å². The topological polar surface area (TPSA) is 69.7 Å². The van der Waals surface area contributed by atoms with Crippen LogP contribution in [0.5, 0.6) is 0 Å². The van der Waals surface area contributed by atoms with Gasteiger partial charge in [0.2, 0.25) is 5.91 Å². The van der Waals surface area contributed by atoms with Crippen LogP contribution in [0.4, 0.5) is 5.69 Å². The molecule has 1 aromatic carbocycles. The number of imide groups is 1. The largest absolute Gasteiger partial charge is 0.366 e. The van der Waals surface area contributed by atoms with E-state index in [9.17, 15) is 14.4 Å². The molecule has 3 amide bonds. The first kappa shape index (κ1) is 21.1. The van der Waals surface area contributed by atoms with Gasteiger partial charge >= 0.3 is 0 Å². The minimum absolute atomic E-state index is 0.142. The van der Waals surface area contributed by atoms with E-state index in [1.165, 1.54) is 11.8 Å². The Balaban J connectivity index is 1.89. The Morgan fingerprint density at radius 2 is 1.66 bits per heavy atom. The van der Waals surface area contributed by atoms with Gasteiger partial charge in [0.25, 0.3) is 11.8 Å². The molecular weight excluding hydrogens is 366 g/mol. The van der Waals surface area contributed by atoms with Gasteiger partial charge in [-0.1, -0.05) is 38.3 Å². The Morgan fingerprint density at radius 3 is 2.28 bits per heavy atom. The first-order valence-electron chi connectivity index (χ1n) is 10.8. The van der Waals surface area contributed by atoms with Gasteiger partial charge in [0.1, 0.15) is 5.70 Å². The molecule has 2 aliphatic heterocycles. The number of unbranched alkanes of at least 4 members (excludes halogenated alkanes) is 3. The maximum Gasteiger partial charge on any atom is 0.277 e. The number of likely N-dealkylation sites (tertiary alicyclic amines) is 1. The molecule has 1 saturated heterocycles. The van der Waals surface area contributed by atoms with Gasteiger partial charge in [-0.05, 0) is 43.4 Å². The summed E-state index contributed by atoms with van der Waals surface area (Å²) in [4.78, 5) is 41.3. The van der Waals surface area contributed by atoms with Crippen LogP contribution in [0, 0.1) is 0 Å². The highest BCUT2D eigenvalue weighted by atomic mass is 16.2. The fourth-order valence-electron chi connectivity index (χ4n) is 4.06. The highest BCUT2D eigenvalue weighted by molar-refractivity contribution is 6.35. The number of nitrogens with one attached hydrogen (secondary N) is 1. The molecule has 1 fully saturated rings. The number of anilines is 1. The third-order valence-electron chi connectivity index (χ3n) is 5.55. The highest BCUT2D eigenvalue weighted by Gasteiger charge is 2.41. The molecule has 2 aliphatic rings. The van der Waals surface area contributed by atoms with E-state index in [1.54, 1.807) is 12.1 Å². The van der Waals surface area contributed by atoms with Crippen LogP contribution in [0.3, 0.4) is 0 Å². The van der Waals surface area contributed by atoms with Crippen molar-refractivity contribution in [2.75, 3.05) is 25.0 Å². The lowest BCUT2D eigenvalue weighted by atomic mass is 10.0. The van der Waals surface area contributed by atoms with E-state index in [0.29, 0.717) is 23.5 Å². The quantitative estimate of drug-likeness (QED) is 0.535. The van der Waals surface area contributed by atoms with Crippen molar-refractivity contribution in [3.63, 3.8) is 0 Å². The average Bonchev–Trinajstić information content (AvgIpc) is 2.96. The smallest absolute Gasteiger partial charge is 0.277 e. The molecule has 6 heteroatoms. The minimum atomic E-state index is -0.195. The van der Waals surface area contributed by atoms with Gasteiger partial charge in [-0.2, -0.15) is 0 Å². The third kappa shape index (κ3) is 4.86. The summed E-state index contributed by atoms with van der Waals surface area (Å²) in [6.45, 7) is 5.70. The maximum atomic E-state index is 13.2. The number of hydrogen-bond acceptors (Lipinski definition) is 4. The zero-order valence-electron chi connectivity index (χ0n) is 17.5. The molecule has 6 nitrogen and oxygen atoms in total. The van der Waals surface area contributed by atoms with Gasteiger partial charge in [0, 0.05) is 32.2 Å². The normalized spacial score (nSPS) is 17.3. The molecule has 0 aromatic heterocycles. The maximum absolute atomic E-state index is 13.2. The number of carbonyl (C=O) groups is 3. The first-order chi connectivity index (χ1) is 14.0. The van der Waals surface area contributed by atoms with Crippen molar-refractivity contribution in [3.05, 3.63) is 35.5 Å². The van der Waals surface area contributed by atoms with Crippen LogP contribution in [-0.2, 0) is 14.4 Å². The van der Waals surface area contributed by atoms with Crippen LogP contribution in [-0.4, -0.2) is 47.2 Å². The number of rotatable bonds is 8. The SMILES string of the molecule is CCCCCCN1C(=O)C(c2ccc(NC(C)=O)cc2)=C(N2CCCCC2)C1=O. The van der Waals surface area contributed by atoms with Crippen LogP contribution in [0.15, 0.2) is 30.0 Å². The molecule has 0 unspecified atom stereocenters. The van der Waals surface area contributed by atoms with Crippen LogP contribution >= 0.6 is 0 Å². The average molecular weight is 398 g/mol. The van der Waals surface area contributed by atoms with Crippen molar-refractivity contribution >= 4 is 29.0 Å². The van der Waals surface area contributed by atoms with Gasteiger partial charge in [0.05, 0.1) is 5.57 Å². The number of carbonyl (C=O) groups excluding carboxylic acids is 3. The summed E-state index contributed by atoms with van der Waals surface area (Å²) >= 11 is 0. The second-order valence-corrected chi connectivity index (χ2v) is 7.85. The second-order valence-electron chi connectivity index (χ2n) is 7.85. The predicted molar refractivity (Wildman–Crippen MR) is 114 cm³/mol. The predicted octanol–water partition coefficient (Wildman–Crippen LogP) is 3.79. The van der Waals surface area contributed by atoms with Crippen molar-refractivity contribution in [1.29, 1.82) is 0 Å². The summed E-state index contributed by atoms with van der Waals surface area (Å²) in [5.74, 6) is -0.495. The van der Waals surface area contributed by atoms with E-state index in [-0.39, 0.29) is 17.7 Å². The summed E-state index contributed by atoms with van der Waals surface area (Å²) in [7, 11) is 0. The first-order valence-corrected chi connectivity index (χ1v) is 10.8. The summed E-state index contributed by atoms with van der Waals surface area (Å²) in [6.07, 6.45) is 7.33. The van der Waals surface area contributed by atoms with E-state index in [0.717, 1.165) is 63.6 Å². The van der Waals surface area contributed by atoms with Gasteiger partial charge in [0.15, 0.2) is 0 Å². The molecule has 0 radical (unpaired) electrons. The molecule has 3 rings (SSSR count). The van der Waals surface area contributed by atoms with Gasteiger partial charge < -0.3 is 10.2 Å². The van der Waals surface area contributed by atoms with Crippen molar-refractivity contribution in [2.45, 2.75) is 58.8 Å². The Hall–Kier alpha value is -2.63. The molecule has 0 bridgehead atoms. The third-order valence-corrected chi connectivity index (χ3v) is 5.55. The Labute approximate surface area is 172 Å². The molecule has 29 heavy (non-hydrogen) atoms. The van der Waals surface area contributed by atoms with E-state index >= 15 is 0 Å². The Bertz CT molecular complexity index is 792. The molecule has 1 N–H and O–H groups in total. The monoisotopic (exact) mass is 397 g/mol. The number of nitrogens with zero attached hydrogens (tertiary/aromatic N) is 2. The second kappa shape index (κ2) is 9.72. The van der Waals surface area contributed by atoms with E-state index in [2.05, 4.69) is 17.1 Å². The zero-order valence-corrected chi connectivity index (χ0v) is 17.5. The van der Waals surface area contributed by atoms with E-state index in [4.69, 9.17) is 0 Å². The Kier molecular flexibility index (Phi) is 7.07. The summed E-state index contributed by atoms with van der Waals surface area (Å²) in [6, 6.07) is 7.19. The van der Waals surface area contributed by atoms with E-state index in [1.807, 2.05) is 12.1 Å². The number of piperidine rings is 1. The number of benzene rings is 1. The van der Waals surface area contributed by atoms with Crippen LogP contribution in [0.25, 0.3) is 5.57 Å². The zero-order chi connectivity index (χ0) is 20.8. The molecular formula is C23H31N3O3. The molecule has 2 heterocycles. The standard InChI is InChI=1S/C23H31N3O3/c1-3-4-5-9-16-26-22(28)20(18-10-12-19(13-11-18)24-17(2)27)21(23(26)29)25-14-7-6-8-15-25/h10-13H,3-9,14-16H2,1-2H3,(H,24,27). The fourth-order valence-corrected chi connectivity index (χ4v) is 4.06. The molecule has 156 valence electrons. The summed E-state index contributed by atoms with van der Waals surface area (Å²) in [5.41, 5.74) is 2.46. The molecule has 0 spiro atoms. The Morgan fingerprint density at radius 1 is 0.966 bits per heavy atom. The number of amides is 3. The minimum Gasteiger partial charge on any atom is -0.366 e. The van der Waals surface area contributed by atoms with Crippen LogP contribution in [0.2, 0.25) is 0 Å². The summed E-state index contributed by atoms with van der Waals surface area (Å²) in [5, 5.41) is 2.74.